The third-order valence-corrected chi connectivity index (χ3v) is 4.59. The number of fused-ring (bicyclic) bond motifs is 1. The van der Waals surface area contributed by atoms with Gasteiger partial charge in [-0.3, -0.25) is 14.5 Å². The lowest BCUT2D eigenvalue weighted by atomic mass is 10.0. The number of pyridine rings is 1. The second-order valence-electron chi connectivity index (χ2n) is 6.40. The highest BCUT2D eigenvalue weighted by atomic mass is 16.2. The Morgan fingerprint density at radius 1 is 1.07 bits per heavy atom. The molecule has 28 heavy (non-hydrogen) atoms. The molecule has 0 atom stereocenters. The van der Waals surface area contributed by atoms with E-state index < -0.39 is 6.03 Å². The van der Waals surface area contributed by atoms with Crippen molar-refractivity contribution in [1.29, 1.82) is 0 Å². The summed E-state index contributed by atoms with van der Waals surface area (Å²) in [6.07, 6.45) is 0. The summed E-state index contributed by atoms with van der Waals surface area (Å²) >= 11 is 0. The van der Waals surface area contributed by atoms with Crippen LogP contribution in [0.3, 0.4) is 0 Å². The first-order valence-electron chi connectivity index (χ1n) is 8.95. The van der Waals surface area contributed by atoms with Gasteiger partial charge in [0.2, 0.25) is 5.91 Å². The van der Waals surface area contributed by atoms with E-state index in [1.807, 2.05) is 54.6 Å². The molecule has 0 aliphatic carbocycles. The molecule has 1 aliphatic heterocycles. The van der Waals surface area contributed by atoms with Crippen LogP contribution in [0.4, 0.5) is 4.79 Å². The van der Waals surface area contributed by atoms with Gasteiger partial charge in [0.05, 0.1) is 23.3 Å². The molecule has 7 nitrogen and oxygen atoms in total. The number of amides is 4. The Kier molecular flexibility index (Phi) is 4.72. The SMILES string of the molecule is O=C(NCCN1C(=O)CNC1=O)c1cc(-c2ccccc2)nc2ccccc12. The minimum Gasteiger partial charge on any atom is -0.350 e. The number of benzene rings is 2. The standard InChI is InChI=1S/C21H18N4O3/c26-19-13-23-21(28)25(19)11-10-22-20(27)16-12-18(14-6-2-1-3-7-14)24-17-9-5-4-8-15(16)17/h1-9,12H,10-11,13H2,(H,22,27)(H,23,28). The van der Waals surface area contributed by atoms with Gasteiger partial charge in [0.25, 0.3) is 5.91 Å². The lowest BCUT2D eigenvalue weighted by molar-refractivity contribution is -0.124. The summed E-state index contributed by atoms with van der Waals surface area (Å²) in [6.45, 7) is 0.308. The summed E-state index contributed by atoms with van der Waals surface area (Å²) in [6, 6.07) is 18.4. The van der Waals surface area contributed by atoms with Gasteiger partial charge in [0, 0.05) is 24.0 Å². The predicted molar refractivity (Wildman–Crippen MR) is 105 cm³/mol. The van der Waals surface area contributed by atoms with Crippen LogP contribution in [0.2, 0.25) is 0 Å². The van der Waals surface area contributed by atoms with Gasteiger partial charge in [-0.1, -0.05) is 48.5 Å². The molecule has 4 amide bonds. The van der Waals surface area contributed by atoms with Crippen LogP contribution in [-0.2, 0) is 4.79 Å². The molecule has 2 aromatic carbocycles. The second-order valence-corrected chi connectivity index (χ2v) is 6.40. The Labute approximate surface area is 161 Å². The first-order chi connectivity index (χ1) is 13.6. The van der Waals surface area contributed by atoms with Crippen molar-refractivity contribution in [2.75, 3.05) is 19.6 Å². The number of carbonyl (C=O) groups is 3. The number of carbonyl (C=O) groups excluding carboxylic acids is 3. The average molecular weight is 374 g/mol. The first kappa shape index (κ1) is 17.7. The maximum Gasteiger partial charge on any atom is 0.324 e. The van der Waals surface area contributed by atoms with Gasteiger partial charge >= 0.3 is 6.03 Å². The third-order valence-electron chi connectivity index (χ3n) is 4.59. The number of nitrogens with one attached hydrogen (secondary N) is 2. The number of rotatable bonds is 5. The number of nitrogens with zero attached hydrogens (tertiary/aromatic N) is 2. The Balaban J connectivity index is 1.59. The highest BCUT2D eigenvalue weighted by Gasteiger charge is 2.27. The van der Waals surface area contributed by atoms with Crippen LogP contribution in [-0.4, -0.2) is 47.4 Å². The smallest absolute Gasteiger partial charge is 0.324 e. The zero-order chi connectivity index (χ0) is 19.5. The van der Waals surface area contributed by atoms with Crippen LogP contribution in [0.25, 0.3) is 22.2 Å². The van der Waals surface area contributed by atoms with E-state index in [1.165, 1.54) is 0 Å². The number of hydrogen-bond acceptors (Lipinski definition) is 4. The summed E-state index contributed by atoms with van der Waals surface area (Å²) in [5.74, 6) is -0.567. The van der Waals surface area contributed by atoms with E-state index in [-0.39, 0.29) is 31.4 Å². The van der Waals surface area contributed by atoms with Crippen LogP contribution in [0, 0.1) is 0 Å². The van der Waals surface area contributed by atoms with Gasteiger partial charge in [0.1, 0.15) is 0 Å². The van der Waals surface area contributed by atoms with Crippen LogP contribution in [0.15, 0.2) is 60.7 Å². The molecular formula is C21H18N4O3. The monoisotopic (exact) mass is 374 g/mol. The molecule has 2 N–H and O–H groups in total. The molecule has 1 aliphatic rings. The van der Waals surface area contributed by atoms with Crippen molar-refractivity contribution < 1.29 is 14.4 Å². The molecule has 1 fully saturated rings. The Morgan fingerprint density at radius 3 is 2.57 bits per heavy atom. The van der Waals surface area contributed by atoms with Crippen LogP contribution in [0.1, 0.15) is 10.4 Å². The number of imide groups is 1. The van der Waals surface area contributed by atoms with Crippen LogP contribution in [0.5, 0.6) is 0 Å². The van der Waals surface area contributed by atoms with Gasteiger partial charge in [-0.25, -0.2) is 9.78 Å². The zero-order valence-corrected chi connectivity index (χ0v) is 15.0. The quantitative estimate of drug-likeness (QED) is 0.670. The van der Waals surface area contributed by atoms with Gasteiger partial charge in [-0.15, -0.1) is 0 Å². The summed E-state index contributed by atoms with van der Waals surface area (Å²) in [4.78, 5) is 41.8. The van der Waals surface area contributed by atoms with E-state index in [9.17, 15) is 14.4 Å². The van der Waals surface area contributed by atoms with Gasteiger partial charge in [-0.2, -0.15) is 0 Å². The van der Waals surface area contributed by atoms with E-state index in [4.69, 9.17) is 0 Å². The number of para-hydroxylation sites is 1. The molecule has 3 aromatic rings. The molecule has 140 valence electrons. The maximum absolute atomic E-state index is 12.8. The van der Waals surface area contributed by atoms with Crippen molar-refractivity contribution in [3.05, 3.63) is 66.2 Å². The minimum atomic E-state index is -0.431. The molecule has 0 unspecified atom stereocenters. The van der Waals surface area contributed by atoms with Crippen molar-refractivity contribution >= 4 is 28.7 Å². The van der Waals surface area contributed by atoms with E-state index in [2.05, 4.69) is 15.6 Å². The molecule has 0 saturated carbocycles. The van der Waals surface area contributed by atoms with Crippen molar-refractivity contribution in [1.82, 2.24) is 20.5 Å². The van der Waals surface area contributed by atoms with Crippen molar-refractivity contribution in [2.24, 2.45) is 0 Å². The Morgan fingerprint density at radius 2 is 1.82 bits per heavy atom. The summed E-state index contributed by atoms with van der Waals surface area (Å²) in [7, 11) is 0. The second kappa shape index (κ2) is 7.48. The average Bonchev–Trinajstić information content (AvgIpc) is 3.05. The molecule has 1 saturated heterocycles. The van der Waals surface area contributed by atoms with E-state index in [1.54, 1.807) is 6.07 Å². The fourth-order valence-electron chi connectivity index (χ4n) is 3.18. The topological polar surface area (TPSA) is 91.4 Å². The van der Waals surface area contributed by atoms with E-state index >= 15 is 0 Å². The van der Waals surface area contributed by atoms with Gasteiger partial charge in [0.15, 0.2) is 0 Å². The highest BCUT2D eigenvalue weighted by molar-refractivity contribution is 6.07. The fraction of sp³-hybridized carbons (Fsp3) is 0.143. The molecule has 0 radical (unpaired) electrons. The Hall–Kier alpha value is -3.74. The summed E-state index contributed by atoms with van der Waals surface area (Å²) < 4.78 is 0. The van der Waals surface area contributed by atoms with Crippen LogP contribution >= 0.6 is 0 Å². The number of hydrogen-bond donors (Lipinski definition) is 2. The summed E-state index contributed by atoms with van der Waals surface area (Å²) in [5, 5.41) is 6.00. The normalized spacial score (nSPS) is 13.6. The van der Waals surface area contributed by atoms with Crippen molar-refractivity contribution in [3.63, 3.8) is 0 Å². The number of aromatic nitrogens is 1. The molecule has 0 spiro atoms. The zero-order valence-electron chi connectivity index (χ0n) is 15.0. The molecule has 1 aromatic heterocycles. The van der Waals surface area contributed by atoms with Crippen molar-refractivity contribution in [2.45, 2.75) is 0 Å². The minimum absolute atomic E-state index is 0.00219. The molecular weight excluding hydrogens is 356 g/mol. The lowest BCUT2D eigenvalue weighted by Gasteiger charge is -2.14. The lowest BCUT2D eigenvalue weighted by Crippen LogP contribution is -2.38. The molecule has 0 bridgehead atoms. The van der Waals surface area contributed by atoms with E-state index in [0.717, 1.165) is 21.4 Å². The Bertz CT molecular complexity index is 1050. The van der Waals surface area contributed by atoms with Crippen molar-refractivity contribution in [3.8, 4) is 11.3 Å². The fourth-order valence-corrected chi connectivity index (χ4v) is 3.18. The highest BCUT2D eigenvalue weighted by Crippen LogP contribution is 2.24. The van der Waals surface area contributed by atoms with Gasteiger partial charge in [-0.05, 0) is 12.1 Å². The largest absolute Gasteiger partial charge is 0.350 e. The van der Waals surface area contributed by atoms with Crippen LogP contribution < -0.4 is 10.6 Å². The maximum atomic E-state index is 12.8. The first-order valence-corrected chi connectivity index (χ1v) is 8.95. The predicted octanol–water partition coefficient (Wildman–Crippen LogP) is 2.18. The molecule has 7 heteroatoms. The number of urea groups is 1. The third kappa shape index (κ3) is 3.42. The molecule has 2 heterocycles. The van der Waals surface area contributed by atoms with E-state index in [0.29, 0.717) is 11.3 Å². The summed E-state index contributed by atoms with van der Waals surface area (Å²) in [5.41, 5.74) is 2.85. The molecule has 4 rings (SSSR count). The van der Waals surface area contributed by atoms with Gasteiger partial charge < -0.3 is 10.6 Å².